The van der Waals surface area contributed by atoms with Crippen molar-refractivity contribution in [2.24, 2.45) is 5.92 Å². The van der Waals surface area contributed by atoms with Crippen LogP contribution in [0.3, 0.4) is 0 Å². The summed E-state index contributed by atoms with van der Waals surface area (Å²) in [5.74, 6) is -2.60. The van der Waals surface area contributed by atoms with Crippen LogP contribution in [0.5, 0.6) is 0 Å². The van der Waals surface area contributed by atoms with Crippen LogP contribution in [0.2, 0.25) is 10.0 Å². The largest absolute Gasteiger partial charge is 0.336 e. The quantitative estimate of drug-likeness (QED) is 0.757. The number of amides is 2. The molecular weight excluding hydrogens is 365 g/mol. The van der Waals surface area contributed by atoms with E-state index >= 15 is 0 Å². The lowest BCUT2D eigenvalue weighted by Gasteiger charge is -2.16. The van der Waals surface area contributed by atoms with E-state index in [2.05, 4.69) is 0 Å². The fourth-order valence-corrected chi connectivity index (χ4v) is 3.02. The molecule has 0 fully saturated rings. The number of hydrogen-bond acceptors (Lipinski definition) is 4. The molecule has 7 heteroatoms. The molecule has 0 spiro atoms. The maximum Gasteiger partial charge on any atom is 0.336 e. The van der Waals surface area contributed by atoms with Gasteiger partial charge in [0, 0.05) is 10.0 Å². The summed E-state index contributed by atoms with van der Waals surface area (Å²) >= 11 is 11.9. The molecule has 0 aromatic heterocycles. The standard InChI is InChI=1S/C18H13Cl2NO4/c1-10(8-11-6-7-12(19)9-15(11)20)18(24)25-21-16(22)13-4-2-3-5-14(13)17(21)23/h2-7,9-10H,8H2,1H3. The van der Waals surface area contributed by atoms with Gasteiger partial charge in [0.05, 0.1) is 17.0 Å². The van der Waals surface area contributed by atoms with Crippen LogP contribution < -0.4 is 0 Å². The Balaban J connectivity index is 1.70. The minimum atomic E-state index is -0.694. The molecule has 2 aromatic rings. The highest BCUT2D eigenvalue weighted by Gasteiger charge is 2.39. The molecule has 0 radical (unpaired) electrons. The first-order valence-electron chi connectivity index (χ1n) is 7.52. The topological polar surface area (TPSA) is 63.7 Å². The molecule has 1 atom stereocenters. The molecule has 1 aliphatic heterocycles. The summed E-state index contributed by atoms with van der Waals surface area (Å²) in [7, 11) is 0. The lowest BCUT2D eigenvalue weighted by atomic mass is 10.0. The molecule has 5 nitrogen and oxygen atoms in total. The molecule has 2 aromatic carbocycles. The van der Waals surface area contributed by atoms with E-state index in [1.807, 2.05) is 0 Å². The average molecular weight is 378 g/mol. The predicted octanol–water partition coefficient (Wildman–Crippen LogP) is 3.93. The Hall–Kier alpha value is -2.37. The smallest absolute Gasteiger partial charge is 0.329 e. The fraction of sp³-hybridized carbons (Fsp3) is 0.167. The number of carbonyl (C=O) groups excluding carboxylic acids is 3. The summed E-state index contributed by atoms with van der Waals surface area (Å²) < 4.78 is 0. The predicted molar refractivity (Wildman–Crippen MR) is 92.4 cm³/mol. The summed E-state index contributed by atoms with van der Waals surface area (Å²) in [5, 5.41) is 1.44. The van der Waals surface area contributed by atoms with E-state index in [-0.39, 0.29) is 17.5 Å². The molecule has 0 saturated carbocycles. The Morgan fingerprint density at radius 1 is 1.08 bits per heavy atom. The molecule has 1 aliphatic rings. The number of benzene rings is 2. The molecule has 0 N–H and O–H groups in total. The van der Waals surface area contributed by atoms with Crippen LogP contribution in [-0.4, -0.2) is 22.8 Å². The lowest BCUT2D eigenvalue weighted by Crippen LogP contribution is -2.35. The molecule has 1 unspecified atom stereocenters. The zero-order valence-corrected chi connectivity index (χ0v) is 14.7. The van der Waals surface area contributed by atoms with Gasteiger partial charge in [0.15, 0.2) is 0 Å². The van der Waals surface area contributed by atoms with Crippen molar-refractivity contribution >= 4 is 41.0 Å². The number of rotatable bonds is 4. The van der Waals surface area contributed by atoms with E-state index in [4.69, 9.17) is 28.0 Å². The highest BCUT2D eigenvalue weighted by atomic mass is 35.5. The summed E-state index contributed by atoms with van der Waals surface area (Å²) in [6.07, 6.45) is 0.290. The zero-order valence-electron chi connectivity index (χ0n) is 13.2. The van der Waals surface area contributed by atoms with Crippen LogP contribution in [0.1, 0.15) is 33.2 Å². The van der Waals surface area contributed by atoms with Crippen LogP contribution in [0, 0.1) is 5.92 Å². The van der Waals surface area contributed by atoms with E-state index < -0.39 is 23.7 Å². The summed E-state index contributed by atoms with van der Waals surface area (Å²) in [6, 6.07) is 11.3. The molecule has 1 heterocycles. The van der Waals surface area contributed by atoms with Crippen molar-refractivity contribution in [2.75, 3.05) is 0 Å². The number of hydroxylamine groups is 2. The van der Waals surface area contributed by atoms with Crippen molar-refractivity contribution in [3.8, 4) is 0 Å². The monoisotopic (exact) mass is 377 g/mol. The van der Waals surface area contributed by atoms with E-state index in [0.29, 0.717) is 15.1 Å². The van der Waals surface area contributed by atoms with Gasteiger partial charge in [0.2, 0.25) is 0 Å². The molecule has 0 saturated heterocycles. The van der Waals surface area contributed by atoms with E-state index in [0.717, 1.165) is 5.56 Å². The number of nitrogens with zero attached hydrogens (tertiary/aromatic N) is 1. The van der Waals surface area contributed by atoms with Crippen molar-refractivity contribution < 1.29 is 19.2 Å². The van der Waals surface area contributed by atoms with E-state index in [1.54, 1.807) is 37.3 Å². The number of imide groups is 1. The Morgan fingerprint density at radius 2 is 1.68 bits per heavy atom. The highest BCUT2D eigenvalue weighted by Crippen LogP contribution is 2.26. The van der Waals surface area contributed by atoms with Gasteiger partial charge in [-0.25, -0.2) is 4.79 Å². The first kappa shape index (κ1) is 17.5. The van der Waals surface area contributed by atoms with Gasteiger partial charge < -0.3 is 4.84 Å². The van der Waals surface area contributed by atoms with Gasteiger partial charge in [0.1, 0.15) is 0 Å². The zero-order chi connectivity index (χ0) is 18.1. The van der Waals surface area contributed by atoms with Crippen LogP contribution in [0.25, 0.3) is 0 Å². The maximum atomic E-state index is 12.3. The fourth-order valence-electron chi connectivity index (χ4n) is 2.53. The molecule has 0 bridgehead atoms. The first-order valence-corrected chi connectivity index (χ1v) is 8.27. The summed E-state index contributed by atoms with van der Waals surface area (Å²) in [5.41, 5.74) is 1.15. The van der Waals surface area contributed by atoms with Crippen LogP contribution in [-0.2, 0) is 16.1 Å². The van der Waals surface area contributed by atoms with Gasteiger partial charge in [-0.15, -0.1) is 0 Å². The van der Waals surface area contributed by atoms with Crippen molar-refractivity contribution in [3.63, 3.8) is 0 Å². The van der Waals surface area contributed by atoms with Crippen molar-refractivity contribution in [1.29, 1.82) is 0 Å². The number of carbonyl (C=O) groups is 3. The van der Waals surface area contributed by atoms with Crippen LogP contribution in [0.15, 0.2) is 42.5 Å². The number of halogens is 2. The third-order valence-corrected chi connectivity index (χ3v) is 4.47. The van der Waals surface area contributed by atoms with Crippen LogP contribution in [0.4, 0.5) is 0 Å². The second-order valence-electron chi connectivity index (χ2n) is 5.70. The Bertz CT molecular complexity index is 846. The maximum absolute atomic E-state index is 12.3. The first-order chi connectivity index (χ1) is 11.9. The van der Waals surface area contributed by atoms with Gasteiger partial charge in [-0.1, -0.05) is 53.4 Å². The van der Waals surface area contributed by atoms with E-state index in [9.17, 15) is 14.4 Å². The summed E-state index contributed by atoms with van der Waals surface area (Å²) in [6.45, 7) is 1.63. The Labute approximate surface area is 154 Å². The lowest BCUT2D eigenvalue weighted by molar-refractivity contribution is -0.173. The number of fused-ring (bicyclic) bond motifs is 1. The third-order valence-electron chi connectivity index (χ3n) is 3.88. The van der Waals surface area contributed by atoms with Gasteiger partial charge in [-0.05, 0) is 36.2 Å². The van der Waals surface area contributed by atoms with Gasteiger partial charge in [-0.2, -0.15) is 0 Å². The Morgan fingerprint density at radius 3 is 2.24 bits per heavy atom. The van der Waals surface area contributed by atoms with E-state index in [1.165, 1.54) is 12.1 Å². The molecule has 3 rings (SSSR count). The van der Waals surface area contributed by atoms with Gasteiger partial charge in [-0.3, -0.25) is 9.59 Å². The molecule has 0 aliphatic carbocycles. The highest BCUT2D eigenvalue weighted by molar-refractivity contribution is 6.35. The Kier molecular flexibility index (Phi) is 4.79. The van der Waals surface area contributed by atoms with Gasteiger partial charge in [0.25, 0.3) is 11.8 Å². The average Bonchev–Trinajstić information content (AvgIpc) is 2.82. The van der Waals surface area contributed by atoms with Gasteiger partial charge >= 0.3 is 5.97 Å². The SMILES string of the molecule is CC(Cc1ccc(Cl)cc1Cl)C(=O)ON1C(=O)c2ccccc2C1=O. The summed E-state index contributed by atoms with van der Waals surface area (Å²) in [4.78, 5) is 41.7. The molecular formula is C18H13Cl2NO4. The second kappa shape index (κ2) is 6.86. The molecule has 25 heavy (non-hydrogen) atoms. The minimum absolute atomic E-state index is 0.216. The van der Waals surface area contributed by atoms with Crippen LogP contribution >= 0.6 is 23.2 Å². The number of hydrogen-bond donors (Lipinski definition) is 0. The van der Waals surface area contributed by atoms with Crippen molar-refractivity contribution in [1.82, 2.24) is 5.06 Å². The minimum Gasteiger partial charge on any atom is -0.329 e. The van der Waals surface area contributed by atoms with Crippen molar-refractivity contribution in [2.45, 2.75) is 13.3 Å². The second-order valence-corrected chi connectivity index (χ2v) is 6.55. The molecule has 128 valence electrons. The molecule has 2 amide bonds. The normalized spacial score (nSPS) is 14.4. The van der Waals surface area contributed by atoms with Crippen molar-refractivity contribution in [3.05, 3.63) is 69.2 Å². The third kappa shape index (κ3) is 3.38.